The maximum absolute atomic E-state index is 13.4. The average Bonchev–Trinajstić information content (AvgIpc) is 3.29. The number of hydrogen-bond donors (Lipinski definition) is 1. The van der Waals surface area contributed by atoms with Crippen LogP contribution in [0.4, 0.5) is 0 Å². The van der Waals surface area contributed by atoms with Crippen LogP contribution in [-0.4, -0.2) is 68.1 Å². The summed E-state index contributed by atoms with van der Waals surface area (Å²) < 4.78 is 13.2. The van der Waals surface area contributed by atoms with E-state index in [2.05, 4.69) is 43.2 Å². The Labute approximate surface area is 221 Å². The Bertz CT molecular complexity index is 1060. The smallest absolute Gasteiger partial charge is 0.268 e. The highest BCUT2D eigenvalue weighted by Crippen LogP contribution is 2.26. The second-order valence-corrected chi connectivity index (χ2v) is 15.4. The van der Waals surface area contributed by atoms with E-state index in [-0.39, 0.29) is 13.2 Å². The minimum Gasteiger partial charge on any atom is -0.493 e. The Morgan fingerprint density at radius 2 is 1.97 bits per heavy atom. The SMILES string of the molecule is C=CCCOc1cccc(-c2nn(COCC[Si](C)(C)C)cc2C(=O)N[C@@H](CC=C)C(=O)N(C)OC)c1. The predicted octanol–water partition coefficient (Wildman–Crippen LogP) is 4.51. The molecule has 2 aromatic rings. The van der Waals surface area contributed by atoms with E-state index in [1.54, 1.807) is 23.0 Å². The number of benzene rings is 1. The molecule has 1 N–H and O–H groups in total. The number of nitrogens with zero attached hydrogens (tertiary/aromatic N) is 3. The van der Waals surface area contributed by atoms with E-state index in [1.807, 2.05) is 24.3 Å². The molecule has 0 spiro atoms. The molecule has 10 heteroatoms. The van der Waals surface area contributed by atoms with Gasteiger partial charge in [0.25, 0.3) is 11.8 Å². The standard InChI is InChI=1S/C27H40N4O5Si/c1-8-10-15-36-22-14-11-13-21(18-22)25-23(19-31(29-25)20-35-16-17-37(5,6)7)26(32)28-24(12-9-2)27(33)30(3)34-4/h8-9,11,13-14,18-19,24H,1-2,10,12,15-17,20H2,3-7H3,(H,28,32)/t24-/m0/s1. The Morgan fingerprint density at radius 1 is 1.22 bits per heavy atom. The fourth-order valence-corrected chi connectivity index (χ4v) is 4.09. The molecule has 1 atom stereocenters. The first-order chi connectivity index (χ1) is 17.6. The predicted molar refractivity (Wildman–Crippen MR) is 148 cm³/mol. The molecule has 0 radical (unpaired) electrons. The van der Waals surface area contributed by atoms with Crippen molar-refractivity contribution in [2.75, 3.05) is 27.4 Å². The number of nitrogens with one attached hydrogen (secondary N) is 1. The zero-order chi connectivity index (χ0) is 27.4. The van der Waals surface area contributed by atoms with Crippen molar-refractivity contribution in [1.82, 2.24) is 20.2 Å². The molecule has 1 aromatic carbocycles. The minimum absolute atomic E-state index is 0.210. The largest absolute Gasteiger partial charge is 0.493 e. The summed E-state index contributed by atoms with van der Waals surface area (Å²) in [7, 11) is 1.64. The first-order valence-corrected chi connectivity index (χ1v) is 16.0. The van der Waals surface area contributed by atoms with E-state index in [9.17, 15) is 9.59 Å². The van der Waals surface area contributed by atoms with Gasteiger partial charge in [-0.15, -0.1) is 13.2 Å². The van der Waals surface area contributed by atoms with Crippen molar-refractivity contribution in [2.45, 2.75) is 51.3 Å². The Kier molecular flexibility index (Phi) is 11.8. The summed E-state index contributed by atoms with van der Waals surface area (Å²) >= 11 is 0. The molecule has 0 aliphatic rings. The van der Waals surface area contributed by atoms with E-state index in [1.165, 1.54) is 14.2 Å². The van der Waals surface area contributed by atoms with Gasteiger partial charge in [-0.3, -0.25) is 14.4 Å². The van der Waals surface area contributed by atoms with Gasteiger partial charge in [0.15, 0.2) is 0 Å². The highest BCUT2D eigenvalue weighted by molar-refractivity contribution is 6.76. The Hall–Kier alpha value is -3.21. The van der Waals surface area contributed by atoms with Crippen molar-refractivity contribution in [3.63, 3.8) is 0 Å². The number of carbonyl (C=O) groups excluding carboxylic acids is 2. The monoisotopic (exact) mass is 528 g/mol. The van der Waals surface area contributed by atoms with Gasteiger partial charge in [-0.25, -0.2) is 9.75 Å². The van der Waals surface area contributed by atoms with Gasteiger partial charge in [0.1, 0.15) is 24.2 Å². The summed E-state index contributed by atoms with van der Waals surface area (Å²) in [6.07, 6.45) is 5.97. The normalized spacial score (nSPS) is 12.0. The number of hydrogen-bond acceptors (Lipinski definition) is 6. The third-order valence-corrected chi connectivity index (χ3v) is 7.22. The molecule has 0 saturated carbocycles. The first kappa shape index (κ1) is 30.0. The van der Waals surface area contributed by atoms with E-state index >= 15 is 0 Å². The molecule has 0 unspecified atom stereocenters. The molecule has 2 amide bonds. The number of amides is 2. The molecule has 0 saturated heterocycles. The molecule has 202 valence electrons. The maximum Gasteiger partial charge on any atom is 0.268 e. The summed E-state index contributed by atoms with van der Waals surface area (Å²) in [5.74, 6) is -0.170. The van der Waals surface area contributed by atoms with Gasteiger partial charge in [-0.2, -0.15) is 5.10 Å². The van der Waals surface area contributed by atoms with Crippen LogP contribution in [0.5, 0.6) is 5.75 Å². The van der Waals surface area contributed by atoms with Gasteiger partial charge < -0.3 is 14.8 Å². The minimum atomic E-state index is -1.23. The lowest BCUT2D eigenvalue weighted by Gasteiger charge is -2.21. The Morgan fingerprint density at radius 3 is 2.62 bits per heavy atom. The summed E-state index contributed by atoms with van der Waals surface area (Å²) in [6, 6.07) is 7.58. The molecule has 1 heterocycles. The van der Waals surface area contributed by atoms with Crippen LogP contribution >= 0.6 is 0 Å². The molecule has 0 aliphatic carbocycles. The van der Waals surface area contributed by atoms with Crippen LogP contribution in [0.1, 0.15) is 23.2 Å². The average molecular weight is 529 g/mol. The van der Waals surface area contributed by atoms with Crippen LogP contribution in [-0.2, 0) is 21.1 Å². The zero-order valence-electron chi connectivity index (χ0n) is 22.7. The van der Waals surface area contributed by atoms with Crippen LogP contribution in [0.2, 0.25) is 25.7 Å². The van der Waals surface area contributed by atoms with Crippen molar-refractivity contribution in [2.24, 2.45) is 0 Å². The fourth-order valence-electron chi connectivity index (χ4n) is 3.33. The lowest BCUT2D eigenvalue weighted by Crippen LogP contribution is -2.46. The van der Waals surface area contributed by atoms with Gasteiger partial charge >= 0.3 is 0 Å². The third kappa shape index (κ3) is 9.64. The summed E-state index contributed by atoms with van der Waals surface area (Å²) in [4.78, 5) is 31.1. The van der Waals surface area contributed by atoms with Crippen LogP contribution in [0.3, 0.4) is 0 Å². The first-order valence-electron chi connectivity index (χ1n) is 12.3. The highest BCUT2D eigenvalue weighted by Gasteiger charge is 2.26. The third-order valence-electron chi connectivity index (χ3n) is 5.51. The molecule has 37 heavy (non-hydrogen) atoms. The van der Waals surface area contributed by atoms with Crippen LogP contribution in [0, 0.1) is 0 Å². The van der Waals surface area contributed by atoms with E-state index in [0.717, 1.165) is 17.5 Å². The topological polar surface area (TPSA) is 94.9 Å². The van der Waals surface area contributed by atoms with E-state index in [4.69, 9.17) is 14.3 Å². The van der Waals surface area contributed by atoms with Crippen LogP contribution < -0.4 is 10.1 Å². The Balaban J connectivity index is 2.34. The van der Waals surface area contributed by atoms with Gasteiger partial charge in [-0.05, 0) is 31.0 Å². The van der Waals surface area contributed by atoms with Crippen LogP contribution in [0.15, 0.2) is 55.8 Å². The molecule has 2 rings (SSSR count). The van der Waals surface area contributed by atoms with Crippen molar-refractivity contribution in [3.8, 4) is 17.0 Å². The molecule has 0 fully saturated rings. The van der Waals surface area contributed by atoms with E-state index < -0.39 is 25.9 Å². The number of rotatable bonds is 16. The second kappa shape index (κ2) is 14.5. The van der Waals surface area contributed by atoms with Gasteiger partial charge in [0.2, 0.25) is 0 Å². The van der Waals surface area contributed by atoms with Crippen molar-refractivity contribution in [3.05, 3.63) is 61.3 Å². The summed E-state index contributed by atoms with van der Waals surface area (Å²) in [5.41, 5.74) is 1.49. The lowest BCUT2D eigenvalue weighted by atomic mass is 10.1. The maximum atomic E-state index is 13.4. The van der Waals surface area contributed by atoms with Crippen LogP contribution in [0.25, 0.3) is 11.3 Å². The zero-order valence-corrected chi connectivity index (χ0v) is 23.7. The number of carbonyl (C=O) groups is 2. The summed E-state index contributed by atoms with van der Waals surface area (Å²) in [5, 5.41) is 8.54. The second-order valence-electron chi connectivity index (χ2n) is 9.80. The van der Waals surface area contributed by atoms with Crippen molar-refractivity contribution >= 4 is 19.9 Å². The molecule has 1 aromatic heterocycles. The van der Waals surface area contributed by atoms with Gasteiger partial charge in [-0.1, -0.05) is 43.9 Å². The van der Waals surface area contributed by atoms with E-state index in [0.29, 0.717) is 35.8 Å². The summed E-state index contributed by atoms with van der Waals surface area (Å²) in [6.45, 7) is 15.6. The van der Waals surface area contributed by atoms with Crippen molar-refractivity contribution in [1.29, 1.82) is 0 Å². The number of hydroxylamine groups is 2. The molecule has 9 nitrogen and oxygen atoms in total. The highest BCUT2D eigenvalue weighted by atomic mass is 28.3. The molecule has 0 aliphatic heterocycles. The fraction of sp³-hybridized carbons (Fsp3) is 0.444. The number of likely N-dealkylation sites (N-methyl/N-ethyl adjacent to an activating group) is 1. The lowest BCUT2D eigenvalue weighted by molar-refractivity contribution is -0.170. The number of aromatic nitrogens is 2. The number of ether oxygens (including phenoxy) is 2. The van der Waals surface area contributed by atoms with Crippen molar-refractivity contribution < 1.29 is 23.9 Å². The molecular weight excluding hydrogens is 488 g/mol. The molecule has 0 bridgehead atoms. The molecular formula is C27H40N4O5Si. The van der Waals surface area contributed by atoms with Gasteiger partial charge in [0.05, 0.1) is 19.3 Å². The quantitative estimate of drug-likeness (QED) is 0.149. The van der Waals surface area contributed by atoms with Gasteiger partial charge in [0, 0.05) is 33.5 Å².